The van der Waals surface area contributed by atoms with Gasteiger partial charge in [0, 0.05) is 12.2 Å². The third-order valence-corrected chi connectivity index (χ3v) is 5.87. The van der Waals surface area contributed by atoms with Crippen LogP contribution >= 0.6 is 12.2 Å². The lowest BCUT2D eigenvalue weighted by atomic mass is 10.0. The molecule has 0 atom stereocenters. The smallest absolute Gasteiger partial charge is 0.361 e. The molecule has 0 saturated carbocycles. The Kier molecular flexibility index (Phi) is 9.59. The van der Waals surface area contributed by atoms with Gasteiger partial charge >= 0.3 is 6.18 Å². The zero-order valence-electron chi connectivity index (χ0n) is 19.4. The molecule has 36 heavy (non-hydrogen) atoms. The van der Waals surface area contributed by atoms with Crippen molar-refractivity contribution in [2.24, 2.45) is 0 Å². The second-order valence-electron chi connectivity index (χ2n) is 8.28. The normalized spacial score (nSPS) is 14.1. The van der Waals surface area contributed by atoms with E-state index >= 15 is 0 Å². The minimum atomic E-state index is -4.89. The van der Waals surface area contributed by atoms with E-state index in [1.807, 2.05) is 0 Å². The standard InChI is InChI=1S/C24H27F4N5O2S/c25-20-8-3-2-7-18(20)21(34)30-16-9-10-17(19(15-16)24(26,27)28)22(35)31-32-23(36)29-11-6-14-33-12-4-1-5-13-33/h2-3,7-10,15H,1,4-6,11-14H2,(H,30,34)(H,31,35)(H2,29,32,36). The van der Waals surface area contributed by atoms with Gasteiger partial charge < -0.3 is 15.5 Å². The van der Waals surface area contributed by atoms with Crippen LogP contribution in [0, 0.1) is 5.82 Å². The van der Waals surface area contributed by atoms with Crippen LogP contribution in [0.15, 0.2) is 42.5 Å². The lowest BCUT2D eigenvalue weighted by Crippen LogP contribution is -2.47. The van der Waals surface area contributed by atoms with Crippen LogP contribution in [0.1, 0.15) is 52.0 Å². The predicted molar refractivity (Wildman–Crippen MR) is 132 cm³/mol. The van der Waals surface area contributed by atoms with E-state index in [2.05, 4.69) is 26.4 Å². The van der Waals surface area contributed by atoms with Crippen molar-refractivity contribution in [1.29, 1.82) is 0 Å². The van der Waals surface area contributed by atoms with Gasteiger partial charge in [-0.05, 0) is 81.4 Å². The van der Waals surface area contributed by atoms with E-state index in [0.29, 0.717) is 12.6 Å². The van der Waals surface area contributed by atoms with Crippen molar-refractivity contribution in [1.82, 2.24) is 21.1 Å². The number of carbonyl (C=O) groups excluding carboxylic acids is 2. The van der Waals surface area contributed by atoms with Crippen molar-refractivity contribution in [3.05, 3.63) is 65.0 Å². The lowest BCUT2D eigenvalue weighted by molar-refractivity contribution is -0.137. The Morgan fingerprint density at radius 3 is 2.36 bits per heavy atom. The van der Waals surface area contributed by atoms with Crippen LogP contribution in [0.2, 0.25) is 0 Å². The molecule has 0 unspecified atom stereocenters. The van der Waals surface area contributed by atoms with Gasteiger partial charge in [0.15, 0.2) is 5.11 Å². The molecule has 2 aromatic rings. The maximum absolute atomic E-state index is 13.8. The minimum absolute atomic E-state index is 0.0734. The van der Waals surface area contributed by atoms with E-state index in [1.165, 1.54) is 37.5 Å². The predicted octanol–water partition coefficient (Wildman–Crippen LogP) is 4.08. The fourth-order valence-corrected chi connectivity index (χ4v) is 3.96. The largest absolute Gasteiger partial charge is 0.417 e. The molecule has 0 aromatic heterocycles. The molecule has 3 rings (SSSR count). The maximum Gasteiger partial charge on any atom is 0.417 e. The number of alkyl halides is 3. The average molecular weight is 526 g/mol. The molecule has 1 aliphatic rings. The molecule has 7 nitrogen and oxygen atoms in total. The molecule has 1 fully saturated rings. The number of anilines is 1. The van der Waals surface area contributed by atoms with Gasteiger partial charge in [0.25, 0.3) is 11.8 Å². The van der Waals surface area contributed by atoms with Gasteiger partial charge in [-0.3, -0.25) is 20.4 Å². The topological polar surface area (TPSA) is 85.5 Å². The second kappa shape index (κ2) is 12.6. The highest BCUT2D eigenvalue weighted by atomic mass is 32.1. The molecular weight excluding hydrogens is 498 g/mol. The van der Waals surface area contributed by atoms with E-state index in [-0.39, 0.29) is 16.4 Å². The zero-order chi connectivity index (χ0) is 26.1. The van der Waals surface area contributed by atoms with Crippen molar-refractivity contribution in [3.63, 3.8) is 0 Å². The fraction of sp³-hybridized carbons (Fsp3) is 0.375. The van der Waals surface area contributed by atoms with Gasteiger partial charge in [-0.25, -0.2) is 4.39 Å². The lowest BCUT2D eigenvalue weighted by Gasteiger charge is -2.26. The van der Waals surface area contributed by atoms with Gasteiger partial charge in [-0.1, -0.05) is 18.6 Å². The average Bonchev–Trinajstić information content (AvgIpc) is 2.85. The molecule has 0 radical (unpaired) electrons. The first-order valence-electron chi connectivity index (χ1n) is 11.5. The summed E-state index contributed by atoms with van der Waals surface area (Å²) in [5.74, 6) is -2.80. The van der Waals surface area contributed by atoms with Crippen LogP contribution in [-0.4, -0.2) is 48.0 Å². The van der Waals surface area contributed by atoms with Crippen LogP contribution in [0.5, 0.6) is 0 Å². The molecule has 12 heteroatoms. The molecule has 1 heterocycles. The van der Waals surface area contributed by atoms with E-state index in [0.717, 1.165) is 44.3 Å². The highest BCUT2D eigenvalue weighted by Gasteiger charge is 2.35. The first-order valence-corrected chi connectivity index (χ1v) is 11.9. The summed E-state index contributed by atoms with van der Waals surface area (Å²) in [6, 6.07) is 7.73. The molecule has 0 bridgehead atoms. The molecular formula is C24H27F4N5O2S. The number of hydrogen-bond acceptors (Lipinski definition) is 4. The summed E-state index contributed by atoms with van der Waals surface area (Å²) in [6.45, 7) is 3.61. The summed E-state index contributed by atoms with van der Waals surface area (Å²) < 4.78 is 54.8. The van der Waals surface area contributed by atoms with Crippen molar-refractivity contribution in [3.8, 4) is 0 Å². The van der Waals surface area contributed by atoms with E-state index in [4.69, 9.17) is 12.2 Å². The number of amides is 2. The third kappa shape index (κ3) is 7.89. The van der Waals surface area contributed by atoms with Crippen LogP contribution in [0.25, 0.3) is 0 Å². The van der Waals surface area contributed by atoms with Crippen LogP contribution < -0.4 is 21.5 Å². The first kappa shape index (κ1) is 27.3. The molecule has 4 N–H and O–H groups in total. The van der Waals surface area contributed by atoms with E-state index in [1.54, 1.807) is 0 Å². The number of nitrogens with zero attached hydrogens (tertiary/aromatic N) is 1. The van der Waals surface area contributed by atoms with Gasteiger partial charge in [0.2, 0.25) is 0 Å². The zero-order valence-corrected chi connectivity index (χ0v) is 20.2. The van der Waals surface area contributed by atoms with Crippen LogP contribution in [-0.2, 0) is 6.18 Å². The highest BCUT2D eigenvalue weighted by Crippen LogP contribution is 2.34. The number of rotatable bonds is 7. The Balaban J connectivity index is 1.56. The number of piperidine rings is 1. The van der Waals surface area contributed by atoms with Gasteiger partial charge in [0.1, 0.15) is 5.82 Å². The number of nitrogens with one attached hydrogen (secondary N) is 4. The number of hydrogen-bond donors (Lipinski definition) is 4. The Bertz CT molecular complexity index is 1090. The second-order valence-corrected chi connectivity index (χ2v) is 8.69. The van der Waals surface area contributed by atoms with Gasteiger partial charge in [0.05, 0.1) is 16.7 Å². The number of hydrazine groups is 1. The summed E-state index contributed by atoms with van der Waals surface area (Å²) in [4.78, 5) is 27.1. The monoisotopic (exact) mass is 525 g/mol. The van der Waals surface area contributed by atoms with E-state index in [9.17, 15) is 27.2 Å². The summed E-state index contributed by atoms with van der Waals surface area (Å²) in [5, 5.41) is 5.20. The molecule has 1 saturated heterocycles. The maximum atomic E-state index is 13.8. The van der Waals surface area contributed by atoms with Crippen molar-refractivity contribution in [2.75, 3.05) is 31.5 Å². The van der Waals surface area contributed by atoms with Crippen molar-refractivity contribution >= 4 is 34.8 Å². The molecule has 0 aliphatic carbocycles. The van der Waals surface area contributed by atoms with Gasteiger partial charge in [-0.2, -0.15) is 13.2 Å². The molecule has 0 spiro atoms. The highest BCUT2D eigenvalue weighted by molar-refractivity contribution is 7.80. The van der Waals surface area contributed by atoms with Crippen molar-refractivity contribution in [2.45, 2.75) is 31.9 Å². The fourth-order valence-electron chi connectivity index (χ4n) is 3.81. The number of benzene rings is 2. The SMILES string of the molecule is O=C(Nc1ccc(C(=O)NNC(=S)NCCCN2CCCCC2)c(C(F)(F)F)c1)c1ccccc1F. The quantitative estimate of drug-likeness (QED) is 0.189. The molecule has 194 valence electrons. The number of carbonyl (C=O) groups is 2. The Morgan fingerprint density at radius 2 is 1.67 bits per heavy atom. The summed E-state index contributed by atoms with van der Waals surface area (Å²) in [7, 11) is 0. The number of likely N-dealkylation sites (tertiary alicyclic amines) is 1. The number of halogens is 4. The molecule has 2 aromatic carbocycles. The Labute approximate surface area is 211 Å². The summed E-state index contributed by atoms with van der Waals surface area (Å²) in [6.07, 6.45) is -0.424. The molecule has 2 amide bonds. The summed E-state index contributed by atoms with van der Waals surface area (Å²) in [5.41, 5.74) is 2.04. The minimum Gasteiger partial charge on any atom is -0.361 e. The van der Waals surface area contributed by atoms with E-state index < -0.39 is 34.9 Å². The summed E-state index contributed by atoms with van der Waals surface area (Å²) >= 11 is 5.07. The van der Waals surface area contributed by atoms with Crippen LogP contribution in [0.4, 0.5) is 23.2 Å². The van der Waals surface area contributed by atoms with Gasteiger partial charge in [-0.15, -0.1) is 0 Å². The van der Waals surface area contributed by atoms with Crippen molar-refractivity contribution < 1.29 is 27.2 Å². The Morgan fingerprint density at radius 1 is 0.944 bits per heavy atom. The number of thiocarbonyl (C=S) groups is 1. The first-order chi connectivity index (χ1) is 17.1. The third-order valence-electron chi connectivity index (χ3n) is 5.62. The molecule has 1 aliphatic heterocycles. The van der Waals surface area contributed by atoms with Crippen LogP contribution in [0.3, 0.4) is 0 Å². The Hall–Kier alpha value is -3.25.